The standard InChI is InChI=1S/C11H18ClN7O.C10H14O/c1-2-3-4-5-16-11(15)19-10(20)6-8(13)18-9(14)7(12)17-6;1-3-8-11-10-6-4-9(2)5-7-10/h2-5H2,1H3,(H4,13,14,18)(H3,15,16,19,20);4-7H,3,8H2,1-2H3. The summed E-state index contributed by atoms with van der Waals surface area (Å²) in [6.45, 7) is 7.62. The summed E-state index contributed by atoms with van der Waals surface area (Å²) in [7, 11) is 0. The highest BCUT2D eigenvalue weighted by atomic mass is 35.5. The number of aryl methyl sites for hydroxylation is 1. The Kier molecular flexibility index (Phi) is 11.7. The van der Waals surface area contributed by atoms with Crippen LogP contribution >= 0.6 is 11.6 Å². The number of ether oxygens (including phenoxy) is 1. The quantitative estimate of drug-likeness (QED) is 0.273. The van der Waals surface area contributed by atoms with Crippen LogP contribution in [0.1, 0.15) is 55.6 Å². The Labute approximate surface area is 188 Å². The molecule has 0 aliphatic carbocycles. The van der Waals surface area contributed by atoms with E-state index in [1.807, 2.05) is 12.1 Å². The predicted molar refractivity (Wildman–Crippen MR) is 126 cm³/mol. The van der Waals surface area contributed by atoms with Crippen LogP contribution in [0.15, 0.2) is 29.3 Å². The van der Waals surface area contributed by atoms with Gasteiger partial charge in [-0.2, -0.15) is 0 Å². The molecule has 0 unspecified atom stereocenters. The van der Waals surface area contributed by atoms with Crippen molar-refractivity contribution in [3.63, 3.8) is 0 Å². The number of unbranched alkanes of at least 4 members (excludes halogenated alkanes) is 2. The zero-order valence-electron chi connectivity index (χ0n) is 18.3. The minimum Gasteiger partial charge on any atom is -0.494 e. The van der Waals surface area contributed by atoms with Gasteiger partial charge < -0.3 is 21.9 Å². The van der Waals surface area contributed by atoms with E-state index in [0.29, 0.717) is 6.54 Å². The summed E-state index contributed by atoms with van der Waals surface area (Å²) in [6, 6.07) is 8.13. The van der Waals surface area contributed by atoms with Crippen LogP contribution in [0, 0.1) is 6.92 Å². The molecule has 1 heterocycles. The van der Waals surface area contributed by atoms with E-state index < -0.39 is 5.91 Å². The lowest BCUT2D eigenvalue weighted by Gasteiger charge is -2.07. The number of nitrogens with zero attached hydrogens (tertiary/aromatic N) is 3. The van der Waals surface area contributed by atoms with Crippen LogP contribution in [0.3, 0.4) is 0 Å². The van der Waals surface area contributed by atoms with Crippen molar-refractivity contribution in [2.45, 2.75) is 46.5 Å². The van der Waals surface area contributed by atoms with Crippen LogP contribution < -0.4 is 27.3 Å². The van der Waals surface area contributed by atoms with Gasteiger partial charge in [0.1, 0.15) is 5.75 Å². The van der Waals surface area contributed by atoms with Crippen molar-refractivity contribution in [2.24, 2.45) is 10.7 Å². The van der Waals surface area contributed by atoms with Gasteiger partial charge in [0, 0.05) is 6.54 Å². The predicted octanol–water partition coefficient (Wildman–Crippen LogP) is 3.31. The van der Waals surface area contributed by atoms with E-state index in [-0.39, 0.29) is 28.4 Å². The van der Waals surface area contributed by atoms with Gasteiger partial charge in [0.25, 0.3) is 5.91 Å². The maximum Gasteiger partial charge on any atom is 0.280 e. The monoisotopic (exact) mass is 449 g/mol. The normalized spacial score (nSPS) is 10.8. The van der Waals surface area contributed by atoms with E-state index in [2.05, 4.69) is 53.2 Å². The number of nitrogens with one attached hydrogen (secondary N) is 1. The fourth-order valence-electron chi connectivity index (χ4n) is 2.24. The second-order valence-electron chi connectivity index (χ2n) is 6.72. The number of carbonyl (C=O) groups excluding carboxylic acids is 1. The number of nitrogen functional groups attached to an aromatic ring is 2. The maximum atomic E-state index is 11.9. The van der Waals surface area contributed by atoms with Gasteiger partial charge in [0.05, 0.1) is 6.61 Å². The summed E-state index contributed by atoms with van der Waals surface area (Å²) in [6.07, 6.45) is 4.10. The van der Waals surface area contributed by atoms with Gasteiger partial charge in [-0.05, 0) is 31.9 Å². The van der Waals surface area contributed by atoms with Crippen LogP contribution in [0.2, 0.25) is 5.15 Å². The van der Waals surface area contributed by atoms with Crippen molar-refractivity contribution in [1.82, 2.24) is 15.3 Å². The number of halogens is 1. The first kappa shape index (κ1) is 26.0. The molecule has 0 atom stereocenters. The minimum absolute atomic E-state index is 0.000232. The molecule has 0 radical (unpaired) electrons. The Morgan fingerprint density at radius 1 is 1.10 bits per heavy atom. The number of carbonyl (C=O) groups is 1. The Morgan fingerprint density at radius 2 is 1.77 bits per heavy atom. The molecule has 0 bridgehead atoms. The lowest BCUT2D eigenvalue weighted by Crippen LogP contribution is -2.38. The summed E-state index contributed by atoms with van der Waals surface area (Å²) in [4.78, 5) is 23.4. The molecule has 7 N–H and O–H groups in total. The molecule has 1 aromatic carbocycles. The molecular formula is C21H32ClN7O2. The molecule has 170 valence electrons. The molecule has 0 aliphatic rings. The van der Waals surface area contributed by atoms with Crippen LogP contribution in [-0.4, -0.2) is 35.0 Å². The number of rotatable bonds is 8. The van der Waals surface area contributed by atoms with Crippen LogP contribution in [0.5, 0.6) is 5.75 Å². The fraction of sp³-hybridized carbons (Fsp3) is 0.429. The van der Waals surface area contributed by atoms with E-state index in [1.165, 1.54) is 5.56 Å². The second kappa shape index (κ2) is 14.0. The molecule has 0 spiro atoms. The van der Waals surface area contributed by atoms with Crippen molar-refractivity contribution in [3.05, 3.63) is 40.7 Å². The van der Waals surface area contributed by atoms with E-state index in [9.17, 15) is 4.79 Å². The third kappa shape index (κ3) is 9.99. The van der Waals surface area contributed by atoms with Gasteiger partial charge in [-0.3, -0.25) is 15.1 Å². The molecule has 1 aromatic heterocycles. The molecule has 9 nitrogen and oxygen atoms in total. The first-order valence-corrected chi connectivity index (χ1v) is 10.5. The zero-order chi connectivity index (χ0) is 23.2. The molecule has 2 aromatic rings. The van der Waals surface area contributed by atoms with Crippen molar-refractivity contribution in [3.8, 4) is 5.75 Å². The van der Waals surface area contributed by atoms with Gasteiger partial charge in [-0.1, -0.05) is 56.0 Å². The number of aromatic nitrogens is 2. The summed E-state index contributed by atoms with van der Waals surface area (Å²) in [5.41, 5.74) is 17.7. The summed E-state index contributed by atoms with van der Waals surface area (Å²) < 4.78 is 5.41. The van der Waals surface area contributed by atoms with Gasteiger partial charge in [-0.15, -0.1) is 0 Å². The first-order valence-electron chi connectivity index (χ1n) is 10.2. The number of benzene rings is 1. The highest BCUT2D eigenvalue weighted by Crippen LogP contribution is 2.17. The number of aliphatic imine (C=N–C) groups is 1. The molecule has 0 aliphatic heterocycles. The van der Waals surface area contributed by atoms with Crippen LogP contribution in [0.4, 0.5) is 11.6 Å². The van der Waals surface area contributed by atoms with E-state index in [0.717, 1.165) is 38.0 Å². The molecule has 0 saturated heterocycles. The second-order valence-corrected chi connectivity index (χ2v) is 7.08. The SMILES string of the molecule is CCCCCN=C(N)NC(=O)c1nc(Cl)c(N)nc1N.CCCOc1ccc(C)cc1. The summed E-state index contributed by atoms with van der Waals surface area (Å²) in [5, 5.41) is 2.27. The molecule has 1 amide bonds. The van der Waals surface area contributed by atoms with Crippen molar-refractivity contribution < 1.29 is 9.53 Å². The maximum absolute atomic E-state index is 11.9. The van der Waals surface area contributed by atoms with Gasteiger partial charge >= 0.3 is 0 Å². The Bertz CT molecular complexity index is 858. The first-order chi connectivity index (χ1) is 14.8. The molecule has 2 rings (SSSR count). The van der Waals surface area contributed by atoms with E-state index in [4.69, 9.17) is 33.5 Å². The summed E-state index contributed by atoms with van der Waals surface area (Å²) >= 11 is 5.69. The van der Waals surface area contributed by atoms with Gasteiger partial charge in [0.15, 0.2) is 28.4 Å². The molecule has 0 fully saturated rings. The van der Waals surface area contributed by atoms with Crippen molar-refractivity contribution in [2.75, 3.05) is 24.6 Å². The Morgan fingerprint density at radius 3 is 2.39 bits per heavy atom. The molecule has 31 heavy (non-hydrogen) atoms. The van der Waals surface area contributed by atoms with Gasteiger partial charge in [-0.25, -0.2) is 9.97 Å². The van der Waals surface area contributed by atoms with Crippen LogP contribution in [0.25, 0.3) is 0 Å². The third-order valence-electron chi connectivity index (χ3n) is 3.90. The average Bonchev–Trinajstić information content (AvgIpc) is 2.74. The highest BCUT2D eigenvalue weighted by molar-refractivity contribution is 6.31. The largest absolute Gasteiger partial charge is 0.494 e. The van der Waals surface area contributed by atoms with E-state index in [1.54, 1.807) is 0 Å². The van der Waals surface area contributed by atoms with E-state index >= 15 is 0 Å². The summed E-state index contributed by atoms with van der Waals surface area (Å²) in [5.74, 6) is 0.177. The average molecular weight is 450 g/mol. The number of hydrogen-bond donors (Lipinski definition) is 4. The lowest BCUT2D eigenvalue weighted by molar-refractivity contribution is 0.0972. The van der Waals surface area contributed by atoms with Crippen molar-refractivity contribution in [1.29, 1.82) is 0 Å². The highest BCUT2D eigenvalue weighted by Gasteiger charge is 2.16. The van der Waals surface area contributed by atoms with Crippen molar-refractivity contribution >= 4 is 35.1 Å². The third-order valence-corrected chi connectivity index (χ3v) is 4.18. The number of nitrogens with two attached hydrogens (primary N) is 3. The lowest BCUT2D eigenvalue weighted by atomic mass is 10.2. The minimum atomic E-state index is -0.631. The number of anilines is 2. The molecule has 10 heteroatoms. The fourth-order valence-corrected chi connectivity index (χ4v) is 2.37. The molecule has 0 saturated carbocycles. The number of hydrogen-bond acceptors (Lipinski definition) is 7. The van der Waals surface area contributed by atoms with Gasteiger partial charge in [0.2, 0.25) is 0 Å². The smallest absolute Gasteiger partial charge is 0.280 e. The number of guanidine groups is 1. The molecular weight excluding hydrogens is 418 g/mol. The number of amides is 1. The van der Waals surface area contributed by atoms with Crippen LogP contribution in [-0.2, 0) is 0 Å². The zero-order valence-corrected chi connectivity index (χ0v) is 19.1. The topological polar surface area (TPSA) is 155 Å². The Balaban J connectivity index is 0.000000367. The Hall–Kier alpha value is -3.07.